The largest absolute Gasteiger partial charge is 0.326 e. The van der Waals surface area contributed by atoms with Crippen LogP contribution in [-0.2, 0) is 11.8 Å². The van der Waals surface area contributed by atoms with Crippen molar-refractivity contribution in [1.82, 2.24) is 9.78 Å². The molecule has 0 spiro atoms. The molecule has 0 unspecified atom stereocenters. The van der Waals surface area contributed by atoms with Gasteiger partial charge in [-0.2, -0.15) is 5.10 Å². The second-order valence-electron chi connectivity index (χ2n) is 6.08. The fourth-order valence-electron chi connectivity index (χ4n) is 2.99. The molecule has 0 radical (unpaired) electrons. The summed E-state index contributed by atoms with van der Waals surface area (Å²) in [7, 11) is 1.63. The zero-order valence-electron chi connectivity index (χ0n) is 13.3. The van der Waals surface area contributed by atoms with Crippen LogP contribution in [0, 0.1) is 5.92 Å². The number of anilines is 1. The highest BCUT2D eigenvalue weighted by Crippen LogP contribution is 2.25. The van der Waals surface area contributed by atoms with Crippen molar-refractivity contribution in [3.8, 4) is 11.3 Å². The van der Waals surface area contributed by atoms with E-state index < -0.39 is 0 Å². The van der Waals surface area contributed by atoms with Gasteiger partial charge < -0.3 is 5.32 Å². The van der Waals surface area contributed by atoms with Crippen LogP contribution in [0.15, 0.2) is 41.2 Å². The minimum absolute atomic E-state index is 0.123. The Balaban J connectivity index is 1.70. The highest BCUT2D eigenvalue weighted by Gasteiger charge is 2.20. The Kier molecular flexibility index (Phi) is 4.55. The van der Waals surface area contributed by atoms with Gasteiger partial charge in [0.05, 0.1) is 5.69 Å². The lowest BCUT2D eigenvalue weighted by molar-refractivity contribution is -0.120. The molecule has 1 N–H and O–H groups in total. The first-order chi connectivity index (χ1) is 11.1. The Hall–Kier alpha value is -2.43. The lowest BCUT2D eigenvalue weighted by Gasteiger charge is -2.20. The van der Waals surface area contributed by atoms with Crippen LogP contribution in [0.2, 0.25) is 0 Å². The number of aromatic nitrogens is 2. The average molecular weight is 311 g/mol. The molecule has 1 aliphatic carbocycles. The van der Waals surface area contributed by atoms with Gasteiger partial charge in [-0.3, -0.25) is 9.59 Å². The number of nitrogens with one attached hydrogen (secondary N) is 1. The Bertz CT molecular complexity index is 744. The van der Waals surface area contributed by atoms with E-state index in [4.69, 9.17) is 0 Å². The van der Waals surface area contributed by atoms with Gasteiger partial charge in [0.25, 0.3) is 5.56 Å². The molecular formula is C18H21N3O2. The number of carbonyl (C=O) groups is 1. The maximum atomic E-state index is 12.2. The molecule has 0 bridgehead atoms. The lowest BCUT2D eigenvalue weighted by atomic mass is 9.88. The molecule has 1 fully saturated rings. The van der Waals surface area contributed by atoms with Crippen molar-refractivity contribution >= 4 is 11.6 Å². The first kappa shape index (κ1) is 15.5. The molecular weight excluding hydrogens is 290 g/mol. The van der Waals surface area contributed by atoms with Gasteiger partial charge in [-0.15, -0.1) is 0 Å². The summed E-state index contributed by atoms with van der Waals surface area (Å²) < 4.78 is 1.31. The first-order valence-electron chi connectivity index (χ1n) is 8.09. The van der Waals surface area contributed by atoms with Crippen molar-refractivity contribution < 1.29 is 4.79 Å². The van der Waals surface area contributed by atoms with Crippen LogP contribution in [0.25, 0.3) is 11.3 Å². The summed E-state index contributed by atoms with van der Waals surface area (Å²) in [6.07, 6.45) is 5.52. The molecule has 23 heavy (non-hydrogen) atoms. The molecule has 1 aromatic heterocycles. The second-order valence-corrected chi connectivity index (χ2v) is 6.08. The second kappa shape index (κ2) is 6.77. The van der Waals surface area contributed by atoms with Crippen molar-refractivity contribution in [2.45, 2.75) is 32.1 Å². The molecule has 1 aliphatic rings. The van der Waals surface area contributed by atoms with E-state index in [1.54, 1.807) is 13.1 Å². The molecule has 5 nitrogen and oxygen atoms in total. The van der Waals surface area contributed by atoms with Crippen LogP contribution in [0.4, 0.5) is 5.69 Å². The van der Waals surface area contributed by atoms with Gasteiger partial charge in [-0.1, -0.05) is 31.4 Å². The highest BCUT2D eigenvalue weighted by atomic mass is 16.2. The minimum Gasteiger partial charge on any atom is -0.326 e. The predicted octanol–water partition coefficient (Wildman–Crippen LogP) is 2.97. The van der Waals surface area contributed by atoms with Crippen LogP contribution < -0.4 is 10.9 Å². The normalized spacial score (nSPS) is 15.3. The number of nitrogens with zero attached hydrogens (tertiary/aromatic N) is 2. The van der Waals surface area contributed by atoms with E-state index in [2.05, 4.69) is 10.4 Å². The van der Waals surface area contributed by atoms with E-state index in [-0.39, 0.29) is 17.4 Å². The third-order valence-corrected chi connectivity index (χ3v) is 4.38. The molecule has 5 heteroatoms. The van der Waals surface area contributed by atoms with E-state index in [1.807, 2.05) is 24.3 Å². The summed E-state index contributed by atoms with van der Waals surface area (Å²) >= 11 is 0. The third kappa shape index (κ3) is 3.67. The predicted molar refractivity (Wildman–Crippen MR) is 90.1 cm³/mol. The first-order valence-corrected chi connectivity index (χ1v) is 8.09. The molecule has 0 atom stereocenters. The molecule has 2 aromatic rings. The Morgan fingerprint density at radius 2 is 1.78 bits per heavy atom. The zero-order chi connectivity index (χ0) is 16.2. The summed E-state index contributed by atoms with van der Waals surface area (Å²) in [6, 6.07) is 10.8. The summed E-state index contributed by atoms with van der Waals surface area (Å²) in [5.41, 5.74) is 2.31. The minimum atomic E-state index is -0.134. The van der Waals surface area contributed by atoms with E-state index in [0.717, 1.165) is 42.6 Å². The number of benzene rings is 1. The van der Waals surface area contributed by atoms with Crippen LogP contribution >= 0.6 is 0 Å². The molecule has 0 saturated heterocycles. The molecule has 0 aliphatic heterocycles. The van der Waals surface area contributed by atoms with Crippen molar-refractivity contribution in [2.24, 2.45) is 13.0 Å². The molecule has 1 amide bonds. The highest BCUT2D eigenvalue weighted by molar-refractivity contribution is 5.92. The van der Waals surface area contributed by atoms with Gasteiger partial charge >= 0.3 is 0 Å². The number of amides is 1. The number of hydrogen-bond acceptors (Lipinski definition) is 3. The van der Waals surface area contributed by atoms with E-state index in [9.17, 15) is 9.59 Å². The van der Waals surface area contributed by atoms with Gasteiger partial charge in [0.15, 0.2) is 0 Å². The van der Waals surface area contributed by atoms with E-state index >= 15 is 0 Å². The van der Waals surface area contributed by atoms with E-state index in [1.165, 1.54) is 17.2 Å². The quantitative estimate of drug-likeness (QED) is 0.948. The maximum Gasteiger partial charge on any atom is 0.266 e. The molecule has 1 heterocycles. The number of rotatable bonds is 3. The fourth-order valence-corrected chi connectivity index (χ4v) is 2.99. The summed E-state index contributed by atoms with van der Waals surface area (Å²) in [4.78, 5) is 23.6. The Morgan fingerprint density at radius 3 is 2.43 bits per heavy atom. The average Bonchev–Trinajstić information content (AvgIpc) is 2.59. The van der Waals surface area contributed by atoms with Crippen LogP contribution in [0.3, 0.4) is 0 Å². The summed E-state index contributed by atoms with van der Waals surface area (Å²) in [5.74, 6) is 0.270. The van der Waals surface area contributed by atoms with Gasteiger partial charge in [-0.05, 0) is 31.0 Å². The van der Waals surface area contributed by atoms with Crippen molar-refractivity contribution in [3.63, 3.8) is 0 Å². The Labute approximate surface area is 135 Å². The lowest BCUT2D eigenvalue weighted by Crippen LogP contribution is -2.24. The number of carbonyl (C=O) groups excluding carboxylic acids is 1. The topological polar surface area (TPSA) is 64.0 Å². The van der Waals surface area contributed by atoms with Crippen LogP contribution in [0.5, 0.6) is 0 Å². The van der Waals surface area contributed by atoms with Gasteiger partial charge in [0.1, 0.15) is 0 Å². The van der Waals surface area contributed by atoms with Crippen molar-refractivity contribution in [2.75, 3.05) is 5.32 Å². The van der Waals surface area contributed by atoms with Gasteiger partial charge in [-0.25, -0.2) is 4.68 Å². The van der Waals surface area contributed by atoms with Crippen molar-refractivity contribution in [3.05, 3.63) is 46.8 Å². The SMILES string of the molecule is Cn1nc(-c2ccc(NC(=O)C3CCCCC3)cc2)ccc1=O. The van der Waals surface area contributed by atoms with Gasteiger partial charge in [0, 0.05) is 30.3 Å². The number of aryl methyl sites for hydroxylation is 1. The summed E-state index contributed by atoms with van der Waals surface area (Å²) in [5, 5.41) is 7.22. The summed E-state index contributed by atoms with van der Waals surface area (Å²) in [6.45, 7) is 0. The smallest absolute Gasteiger partial charge is 0.266 e. The number of hydrogen-bond donors (Lipinski definition) is 1. The van der Waals surface area contributed by atoms with Gasteiger partial charge in [0.2, 0.25) is 5.91 Å². The van der Waals surface area contributed by atoms with Crippen LogP contribution in [-0.4, -0.2) is 15.7 Å². The zero-order valence-corrected chi connectivity index (χ0v) is 13.3. The maximum absolute atomic E-state index is 12.2. The molecule has 1 aromatic carbocycles. The molecule has 1 saturated carbocycles. The fraction of sp³-hybridized carbons (Fsp3) is 0.389. The van der Waals surface area contributed by atoms with Crippen LogP contribution in [0.1, 0.15) is 32.1 Å². The van der Waals surface area contributed by atoms with Crippen molar-refractivity contribution in [1.29, 1.82) is 0 Å². The standard InChI is InChI=1S/C18H21N3O2/c1-21-17(22)12-11-16(20-21)13-7-9-15(10-8-13)19-18(23)14-5-3-2-4-6-14/h7-12,14H,2-6H2,1H3,(H,19,23). The third-order valence-electron chi connectivity index (χ3n) is 4.38. The van der Waals surface area contributed by atoms with E-state index in [0.29, 0.717) is 0 Å². The molecule has 120 valence electrons. The Morgan fingerprint density at radius 1 is 1.09 bits per heavy atom. The monoisotopic (exact) mass is 311 g/mol. The molecule has 3 rings (SSSR count).